The van der Waals surface area contributed by atoms with Crippen molar-refractivity contribution in [1.29, 1.82) is 0 Å². The van der Waals surface area contributed by atoms with E-state index < -0.39 is 0 Å². The van der Waals surface area contributed by atoms with E-state index >= 15 is 0 Å². The van der Waals surface area contributed by atoms with Crippen molar-refractivity contribution in [3.05, 3.63) is 72.6 Å². The van der Waals surface area contributed by atoms with Gasteiger partial charge in [-0.25, -0.2) is 4.98 Å². The highest BCUT2D eigenvalue weighted by molar-refractivity contribution is 6.03. The Labute approximate surface area is 177 Å². The normalized spacial score (nSPS) is 13.4. The van der Waals surface area contributed by atoms with Crippen molar-refractivity contribution in [3.63, 3.8) is 0 Å². The Balaban J connectivity index is 0.00000140. The summed E-state index contributed by atoms with van der Waals surface area (Å²) in [5.41, 5.74) is 9.78. The van der Waals surface area contributed by atoms with Crippen molar-refractivity contribution in [3.8, 4) is 17.1 Å². The van der Waals surface area contributed by atoms with E-state index in [1.165, 1.54) is 12.8 Å². The molecule has 0 bridgehead atoms. The maximum Gasteiger partial charge on any atom is 0.144 e. The zero-order valence-corrected chi connectivity index (χ0v) is 17.0. The molecule has 2 aromatic carbocycles. The largest absolute Gasteiger partial charge is 0.394 e. The van der Waals surface area contributed by atoms with Crippen LogP contribution < -0.4 is 5.73 Å². The fraction of sp³-hybridized carbons (Fsp3) is 0.238. The molecule has 0 amide bonds. The van der Waals surface area contributed by atoms with Crippen LogP contribution >= 0.6 is 24.8 Å². The van der Waals surface area contributed by atoms with Crippen LogP contribution in [-0.4, -0.2) is 28.4 Å². The summed E-state index contributed by atoms with van der Waals surface area (Å²) >= 11 is 0. The van der Waals surface area contributed by atoms with E-state index in [4.69, 9.17) is 10.6 Å². The number of nitrogens with zero attached hydrogens (tertiary/aromatic N) is 3. The van der Waals surface area contributed by atoms with Crippen LogP contribution in [0.25, 0.3) is 17.1 Å². The average Bonchev–Trinajstić information content (AvgIpc) is 3.41. The van der Waals surface area contributed by atoms with Gasteiger partial charge in [-0.15, -0.1) is 24.8 Å². The lowest BCUT2D eigenvalue weighted by atomic mass is 10.1. The molecule has 0 saturated heterocycles. The summed E-state index contributed by atoms with van der Waals surface area (Å²) in [7, 11) is 0. The highest BCUT2D eigenvalue weighted by Crippen LogP contribution is 2.34. The Morgan fingerprint density at radius 2 is 1.79 bits per heavy atom. The van der Waals surface area contributed by atoms with Gasteiger partial charge in [0.15, 0.2) is 0 Å². The van der Waals surface area contributed by atoms with Crippen LogP contribution in [0.2, 0.25) is 0 Å². The summed E-state index contributed by atoms with van der Waals surface area (Å²) < 4.78 is 2.10. The van der Waals surface area contributed by atoms with E-state index in [1.807, 2.05) is 30.6 Å². The second-order valence-electron chi connectivity index (χ2n) is 6.41. The minimum absolute atomic E-state index is 0. The van der Waals surface area contributed by atoms with E-state index in [1.54, 1.807) is 0 Å². The molecule has 148 valence electrons. The number of nitrogens with two attached hydrogens (primary N) is 1. The monoisotopic (exact) mass is 418 g/mol. The second-order valence-corrected chi connectivity index (χ2v) is 6.41. The van der Waals surface area contributed by atoms with Crippen LogP contribution in [0.3, 0.4) is 0 Å². The number of hydrogen-bond acceptors (Lipinski definition) is 4. The van der Waals surface area contributed by atoms with Crippen LogP contribution in [-0.2, 0) is 4.84 Å². The highest BCUT2D eigenvalue weighted by Gasteiger charge is 2.29. The van der Waals surface area contributed by atoms with E-state index in [9.17, 15) is 0 Å². The third-order valence-corrected chi connectivity index (χ3v) is 4.45. The molecular weight excluding hydrogens is 395 g/mol. The van der Waals surface area contributed by atoms with E-state index in [2.05, 4.69) is 51.1 Å². The van der Waals surface area contributed by atoms with Gasteiger partial charge in [0.1, 0.15) is 12.4 Å². The number of imidazole rings is 1. The van der Waals surface area contributed by atoms with Crippen LogP contribution in [0.1, 0.15) is 18.4 Å². The molecule has 1 fully saturated rings. The Morgan fingerprint density at radius 1 is 1.07 bits per heavy atom. The molecule has 0 atom stereocenters. The molecule has 4 rings (SSSR count). The quantitative estimate of drug-likeness (QED) is 0.349. The van der Waals surface area contributed by atoms with Crippen molar-refractivity contribution in [2.24, 2.45) is 16.8 Å². The standard InChI is InChI=1S/C21H22N4O.2ClH/c22-12-15-26-24-20(16-6-7-16)17-8-10-19(11-9-17)25-14-13-23-21(25)18-4-2-1-3-5-18;;/h1-5,8-11,13-14,16H,6-7,12,15,22H2;2*1H/b24-20+;;. The lowest BCUT2D eigenvalue weighted by Gasteiger charge is -2.10. The van der Waals surface area contributed by atoms with Crippen molar-refractivity contribution in [2.45, 2.75) is 12.8 Å². The maximum absolute atomic E-state index is 5.48. The second kappa shape index (κ2) is 10.3. The SMILES string of the molecule is Cl.Cl.NCCO/N=C(/c1ccc(-n2ccnc2-c2ccccc2)cc1)C1CC1. The van der Waals surface area contributed by atoms with Gasteiger partial charge in [0.25, 0.3) is 0 Å². The molecule has 1 heterocycles. The molecule has 0 aliphatic heterocycles. The van der Waals surface area contributed by atoms with Gasteiger partial charge >= 0.3 is 0 Å². The third kappa shape index (κ3) is 4.93. The van der Waals surface area contributed by atoms with Gasteiger partial charge in [-0.3, -0.25) is 4.57 Å². The topological polar surface area (TPSA) is 65.4 Å². The van der Waals surface area contributed by atoms with Gasteiger partial charge < -0.3 is 10.6 Å². The fourth-order valence-electron chi connectivity index (χ4n) is 2.99. The molecule has 1 aromatic heterocycles. The lowest BCUT2D eigenvalue weighted by molar-refractivity contribution is 0.151. The maximum atomic E-state index is 5.48. The minimum atomic E-state index is 0. The Morgan fingerprint density at radius 3 is 2.43 bits per heavy atom. The van der Waals surface area contributed by atoms with Crippen LogP contribution in [0.15, 0.2) is 72.1 Å². The summed E-state index contributed by atoms with van der Waals surface area (Å²) in [6, 6.07) is 18.6. The summed E-state index contributed by atoms with van der Waals surface area (Å²) in [5.74, 6) is 1.44. The van der Waals surface area contributed by atoms with Crippen molar-refractivity contribution in [1.82, 2.24) is 9.55 Å². The molecule has 1 aliphatic carbocycles. The number of halogens is 2. The van der Waals surface area contributed by atoms with E-state index in [-0.39, 0.29) is 24.8 Å². The summed E-state index contributed by atoms with van der Waals surface area (Å²) in [4.78, 5) is 9.84. The molecular formula is C21H24Cl2N4O. The molecule has 0 unspecified atom stereocenters. The number of benzene rings is 2. The number of hydrogen-bond donors (Lipinski definition) is 1. The van der Waals surface area contributed by atoms with Crippen molar-refractivity contribution < 1.29 is 4.84 Å². The summed E-state index contributed by atoms with van der Waals surface area (Å²) in [5, 5.41) is 4.32. The minimum Gasteiger partial charge on any atom is -0.394 e. The Hall–Kier alpha value is -2.34. The van der Waals surface area contributed by atoms with Gasteiger partial charge in [-0.2, -0.15) is 0 Å². The van der Waals surface area contributed by atoms with Crippen LogP contribution in [0.5, 0.6) is 0 Å². The first kappa shape index (κ1) is 22.0. The van der Waals surface area contributed by atoms with E-state index in [0.29, 0.717) is 19.1 Å². The van der Waals surface area contributed by atoms with Gasteiger partial charge in [-0.1, -0.05) is 47.6 Å². The molecule has 0 spiro atoms. The summed E-state index contributed by atoms with van der Waals surface area (Å²) in [6.07, 6.45) is 6.16. The predicted molar refractivity (Wildman–Crippen MR) is 118 cm³/mol. The first-order chi connectivity index (χ1) is 12.9. The molecule has 2 N–H and O–H groups in total. The van der Waals surface area contributed by atoms with Crippen molar-refractivity contribution in [2.75, 3.05) is 13.2 Å². The molecule has 0 radical (unpaired) electrons. The Kier molecular flexibility index (Phi) is 8.05. The average molecular weight is 419 g/mol. The highest BCUT2D eigenvalue weighted by atomic mass is 35.5. The molecule has 7 heteroatoms. The van der Waals surface area contributed by atoms with Crippen LogP contribution in [0.4, 0.5) is 0 Å². The fourth-order valence-corrected chi connectivity index (χ4v) is 2.99. The zero-order chi connectivity index (χ0) is 17.8. The molecule has 3 aromatic rings. The number of rotatable bonds is 7. The van der Waals surface area contributed by atoms with Crippen molar-refractivity contribution >= 4 is 30.5 Å². The van der Waals surface area contributed by atoms with Crippen LogP contribution in [0, 0.1) is 5.92 Å². The molecule has 1 aliphatic rings. The van der Waals surface area contributed by atoms with E-state index in [0.717, 1.165) is 28.4 Å². The zero-order valence-electron chi connectivity index (χ0n) is 15.4. The number of oxime groups is 1. The molecule has 1 saturated carbocycles. The lowest BCUT2D eigenvalue weighted by Crippen LogP contribution is -2.09. The van der Waals surface area contributed by atoms with Gasteiger partial charge in [0.2, 0.25) is 0 Å². The molecule has 5 nitrogen and oxygen atoms in total. The van der Waals surface area contributed by atoms with Gasteiger partial charge in [0, 0.05) is 36.1 Å². The molecule has 28 heavy (non-hydrogen) atoms. The first-order valence-electron chi connectivity index (χ1n) is 8.96. The Bertz CT molecular complexity index is 890. The summed E-state index contributed by atoms with van der Waals surface area (Å²) in [6.45, 7) is 0.924. The number of aromatic nitrogens is 2. The smallest absolute Gasteiger partial charge is 0.144 e. The first-order valence-corrected chi connectivity index (χ1v) is 8.96. The van der Waals surface area contributed by atoms with Gasteiger partial charge in [0.05, 0.1) is 5.71 Å². The predicted octanol–water partition coefficient (Wildman–Crippen LogP) is 4.47. The van der Waals surface area contributed by atoms with Gasteiger partial charge in [-0.05, 0) is 30.5 Å². The third-order valence-electron chi connectivity index (χ3n) is 4.45.